The van der Waals surface area contributed by atoms with Gasteiger partial charge in [0.15, 0.2) is 0 Å². The molecule has 0 aromatic carbocycles. The molecule has 1 saturated carbocycles. The Morgan fingerprint density at radius 1 is 1.39 bits per heavy atom. The van der Waals surface area contributed by atoms with Gasteiger partial charge in [-0.2, -0.15) is 0 Å². The van der Waals surface area contributed by atoms with E-state index < -0.39 is 5.54 Å². The van der Waals surface area contributed by atoms with E-state index in [1.807, 2.05) is 0 Å². The number of rotatable bonds is 2. The van der Waals surface area contributed by atoms with Crippen molar-refractivity contribution < 1.29 is 4.79 Å². The number of aromatic nitrogens is 1. The molecule has 0 aliphatic heterocycles. The summed E-state index contributed by atoms with van der Waals surface area (Å²) >= 11 is 3.24. The molecule has 98 valence electrons. The van der Waals surface area contributed by atoms with Crippen LogP contribution >= 0.6 is 15.9 Å². The lowest BCUT2D eigenvalue weighted by Crippen LogP contribution is -2.52. The number of anilines is 1. The smallest absolute Gasteiger partial charge is 0.271 e. The van der Waals surface area contributed by atoms with Crippen LogP contribution in [-0.2, 0) is 4.79 Å². The van der Waals surface area contributed by atoms with Crippen molar-refractivity contribution in [2.24, 2.45) is 5.73 Å². The molecule has 1 fully saturated rings. The summed E-state index contributed by atoms with van der Waals surface area (Å²) in [6.45, 7) is 0. The van der Waals surface area contributed by atoms with Gasteiger partial charge in [0.25, 0.3) is 5.56 Å². The fourth-order valence-electron chi connectivity index (χ4n) is 2.21. The molecule has 0 bridgehead atoms. The Labute approximate surface area is 113 Å². The Bertz CT molecular complexity index is 506. The molecule has 1 aliphatic rings. The molecule has 18 heavy (non-hydrogen) atoms. The molecule has 1 aliphatic carbocycles. The number of nitrogens with two attached hydrogens (primary N) is 1. The van der Waals surface area contributed by atoms with Crippen LogP contribution in [0.15, 0.2) is 21.5 Å². The number of hydrogen-bond donors (Lipinski definition) is 3. The van der Waals surface area contributed by atoms with Crippen LogP contribution < -0.4 is 16.6 Å². The van der Waals surface area contributed by atoms with Crippen LogP contribution in [0.3, 0.4) is 0 Å². The molecule has 0 atom stereocenters. The summed E-state index contributed by atoms with van der Waals surface area (Å²) in [6, 6.07) is 1.57. The molecule has 1 amide bonds. The van der Waals surface area contributed by atoms with Crippen molar-refractivity contribution in [3.8, 4) is 0 Å². The van der Waals surface area contributed by atoms with E-state index in [1.165, 1.54) is 6.20 Å². The Morgan fingerprint density at radius 3 is 2.72 bits per heavy atom. The van der Waals surface area contributed by atoms with Crippen LogP contribution in [0.25, 0.3) is 0 Å². The van der Waals surface area contributed by atoms with Crippen LogP contribution in [-0.4, -0.2) is 16.4 Å². The minimum absolute atomic E-state index is 0.227. The second-order valence-electron chi connectivity index (χ2n) is 4.73. The van der Waals surface area contributed by atoms with Gasteiger partial charge in [0.05, 0.1) is 5.54 Å². The SMILES string of the molecule is NC1(C(=O)Nc2cc(Br)c[nH]c2=O)CCCCC1. The monoisotopic (exact) mass is 313 g/mol. The van der Waals surface area contributed by atoms with Gasteiger partial charge in [0.2, 0.25) is 5.91 Å². The maximum atomic E-state index is 12.1. The van der Waals surface area contributed by atoms with Gasteiger partial charge in [-0.3, -0.25) is 9.59 Å². The van der Waals surface area contributed by atoms with Crippen LogP contribution in [0.1, 0.15) is 32.1 Å². The topological polar surface area (TPSA) is 88.0 Å². The first-order valence-corrected chi connectivity index (χ1v) is 6.79. The van der Waals surface area contributed by atoms with Crippen LogP contribution in [0, 0.1) is 0 Å². The fourth-order valence-corrected chi connectivity index (χ4v) is 2.55. The minimum atomic E-state index is -0.840. The zero-order chi connectivity index (χ0) is 13.2. The van der Waals surface area contributed by atoms with Crippen molar-refractivity contribution in [1.82, 2.24) is 4.98 Å². The number of pyridine rings is 1. The van der Waals surface area contributed by atoms with E-state index in [9.17, 15) is 9.59 Å². The third-order valence-corrected chi connectivity index (χ3v) is 3.77. The molecular formula is C12H16BrN3O2. The third-order valence-electron chi connectivity index (χ3n) is 3.31. The summed E-state index contributed by atoms with van der Waals surface area (Å²) < 4.78 is 0.701. The van der Waals surface area contributed by atoms with Gasteiger partial charge >= 0.3 is 0 Å². The van der Waals surface area contributed by atoms with Crippen LogP contribution in [0.4, 0.5) is 5.69 Å². The van der Waals surface area contributed by atoms with E-state index in [4.69, 9.17) is 5.73 Å². The highest BCUT2D eigenvalue weighted by Gasteiger charge is 2.35. The van der Waals surface area contributed by atoms with Crippen molar-refractivity contribution >= 4 is 27.5 Å². The predicted octanol–water partition coefficient (Wildman–Crippen LogP) is 1.74. The molecule has 4 N–H and O–H groups in total. The Morgan fingerprint density at radius 2 is 2.06 bits per heavy atom. The average molecular weight is 314 g/mol. The van der Waals surface area contributed by atoms with Crippen molar-refractivity contribution in [3.63, 3.8) is 0 Å². The van der Waals surface area contributed by atoms with Gasteiger partial charge < -0.3 is 16.0 Å². The first-order chi connectivity index (χ1) is 8.51. The van der Waals surface area contributed by atoms with Crippen molar-refractivity contribution in [3.05, 3.63) is 27.1 Å². The molecular weight excluding hydrogens is 298 g/mol. The van der Waals surface area contributed by atoms with E-state index in [2.05, 4.69) is 26.2 Å². The highest BCUT2D eigenvalue weighted by Crippen LogP contribution is 2.27. The molecule has 1 aromatic heterocycles. The second-order valence-corrected chi connectivity index (χ2v) is 5.65. The van der Waals surface area contributed by atoms with E-state index in [-0.39, 0.29) is 17.2 Å². The highest BCUT2D eigenvalue weighted by atomic mass is 79.9. The van der Waals surface area contributed by atoms with Gasteiger partial charge in [0, 0.05) is 10.7 Å². The summed E-state index contributed by atoms with van der Waals surface area (Å²) in [5, 5.41) is 2.62. The molecule has 1 aromatic rings. The lowest BCUT2D eigenvalue weighted by atomic mass is 9.82. The van der Waals surface area contributed by atoms with Gasteiger partial charge in [0.1, 0.15) is 5.69 Å². The van der Waals surface area contributed by atoms with Gasteiger partial charge in [-0.25, -0.2) is 0 Å². The maximum Gasteiger partial charge on any atom is 0.271 e. The Kier molecular flexibility index (Phi) is 3.87. The predicted molar refractivity (Wildman–Crippen MR) is 73.4 cm³/mol. The molecule has 0 spiro atoms. The summed E-state index contributed by atoms with van der Waals surface area (Å²) in [6.07, 6.45) is 5.90. The normalized spacial score (nSPS) is 18.3. The highest BCUT2D eigenvalue weighted by molar-refractivity contribution is 9.10. The second kappa shape index (κ2) is 5.24. The first kappa shape index (κ1) is 13.3. The summed E-state index contributed by atoms with van der Waals surface area (Å²) in [5.74, 6) is -0.272. The van der Waals surface area contributed by atoms with E-state index in [0.29, 0.717) is 17.3 Å². The van der Waals surface area contributed by atoms with Crippen molar-refractivity contribution in [2.75, 3.05) is 5.32 Å². The molecule has 0 unspecified atom stereocenters. The third kappa shape index (κ3) is 2.81. The van der Waals surface area contributed by atoms with Crippen molar-refractivity contribution in [2.45, 2.75) is 37.6 Å². The zero-order valence-corrected chi connectivity index (χ0v) is 11.5. The Balaban J connectivity index is 2.15. The summed E-state index contributed by atoms with van der Waals surface area (Å²) in [7, 11) is 0. The minimum Gasteiger partial charge on any atom is -0.326 e. The van der Waals surface area contributed by atoms with Gasteiger partial charge in [-0.05, 0) is 34.8 Å². The van der Waals surface area contributed by atoms with E-state index in [0.717, 1.165) is 19.3 Å². The van der Waals surface area contributed by atoms with Gasteiger partial charge in [-0.1, -0.05) is 19.3 Å². The Hall–Kier alpha value is -1.14. The number of H-pyrrole nitrogens is 1. The van der Waals surface area contributed by atoms with Gasteiger partial charge in [-0.15, -0.1) is 0 Å². The molecule has 0 saturated heterocycles. The largest absolute Gasteiger partial charge is 0.326 e. The summed E-state index contributed by atoms with van der Waals surface area (Å²) in [5.41, 5.74) is 5.16. The quantitative estimate of drug-likeness (QED) is 0.777. The number of carbonyl (C=O) groups is 1. The van der Waals surface area contributed by atoms with E-state index in [1.54, 1.807) is 6.07 Å². The van der Waals surface area contributed by atoms with Crippen LogP contribution in [0.2, 0.25) is 0 Å². The van der Waals surface area contributed by atoms with Crippen molar-refractivity contribution in [1.29, 1.82) is 0 Å². The lowest BCUT2D eigenvalue weighted by molar-refractivity contribution is -0.122. The zero-order valence-electron chi connectivity index (χ0n) is 9.96. The lowest BCUT2D eigenvalue weighted by Gasteiger charge is -2.31. The summed E-state index contributed by atoms with van der Waals surface area (Å²) in [4.78, 5) is 26.2. The molecule has 2 rings (SSSR count). The number of nitrogens with one attached hydrogen (secondary N) is 2. The number of amides is 1. The first-order valence-electron chi connectivity index (χ1n) is 6.00. The maximum absolute atomic E-state index is 12.1. The average Bonchev–Trinajstić information content (AvgIpc) is 2.35. The van der Waals surface area contributed by atoms with Crippen LogP contribution in [0.5, 0.6) is 0 Å². The number of carbonyl (C=O) groups excluding carboxylic acids is 1. The standard InChI is InChI=1S/C12H16BrN3O2/c13-8-6-9(10(17)15-7-8)16-11(18)12(14)4-2-1-3-5-12/h6-7H,1-5,14H2,(H,15,17)(H,16,18). The fraction of sp³-hybridized carbons (Fsp3) is 0.500. The molecule has 6 heteroatoms. The molecule has 5 nitrogen and oxygen atoms in total. The number of aromatic amines is 1. The molecule has 0 radical (unpaired) electrons. The number of halogens is 1. The van der Waals surface area contributed by atoms with E-state index >= 15 is 0 Å². The molecule has 1 heterocycles. The number of hydrogen-bond acceptors (Lipinski definition) is 3.